The van der Waals surface area contributed by atoms with Gasteiger partial charge >= 0.3 is 18.1 Å². The molecule has 5 aromatic carbocycles. The van der Waals surface area contributed by atoms with E-state index in [-0.39, 0.29) is 74.4 Å². The number of halogens is 3. The topological polar surface area (TPSA) is 143 Å². The predicted molar refractivity (Wildman–Crippen MR) is 280 cm³/mol. The molecule has 6 heterocycles. The lowest BCUT2D eigenvalue weighted by Gasteiger charge is -2.37. The fourth-order valence-electron chi connectivity index (χ4n) is 11.3. The Balaban J connectivity index is 1.08. The van der Waals surface area contributed by atoms with Crippen molar-refractivity contribution in [2.24, 2.45) is 0 Å². The molecule has 384 valence electrons. The Morgan fingerprint density at radius 3 is 2.23 bits per heavy atom. The van der Waals surface area contributed by atoms with Crippen molar-refractivity contribution in [3.8, 4) is 23.0 Å². The summed E-state index contributed by atoms with van der Waals surface area (Å²) in [5, 5.41) is 6.35. The zero-order valence-electron chi connectivity index (χ0n) is 41.2. The number of rotatable bonds is 15. The minimum atomic E-state index is -1.06. The van der Waals surface area contributed by atoms with E-state index in [1.807, 2.05) is 70.2 Å². The summed E-state index contributed by atoms with van der Waals surface area (Å²) in [5.74, 6) is -0.625. The van der Waals surface area contributed by atoms with Crippen LogP contribution >= 0.6 is 11.6 Å². The summed E-state index contributed by atoms with van der Waals surface area (Å²) >= 11 is 7.47. The summed E-state index contributed by atoms with van der Waals surface area (Å²) in [6.07, 6.45) is 3.09. The number of carbonyl (C=O) groups excluding carboxylic acids is 2. The van der Waals surface area contributed by atoms with Crippen molar-refractivity contribution in [1.82, 2.24) is 29.6 Å². The van der Waals surface area contributed by atoms with E-state index in [2.05, 4.69) is 41.3 Å². The highest BCUT2D eigenvalue weighted by Gasteiger charge is 2.49. The summed E-state index contributed by atoms with van der Waals surface area (Å²) in [7, 11) is 0. The molecule has 3 aliphatic rings. The molecule has 3 aliphatic heterocycles. The summed E-state index contributed by atoms with van der Waals surface area (Å²) in [5.41, 5.74) is 2.52. The Labute approximate surface area is 437 Å². The second-order valence-electron chi connectivity index (χ2n) is 19.3. The van der Waals surface area contributed by atoms with Gasteiger partial charge in [0.15, 0.2) is 5.82 Å². The van der Waals surface area contributed by atoms with Gasteiger partial charge in [-0.1, -0.05) is 121 Å². The van der Waals surface area contributed by atoms with Crippen LogP contribution in [-0.2, 0) is 31.0 Å². The molecule has 0 spiro atoms. The molecule has 0 unspecified atom stereocenters. The standard InChI is InChI=1S/C58H54ClF2N7O7/c1-38(69)72-28-14-24-45-48(59)30-49-46(33-63-68(49)58(39-16-6-2-7-17-39,40-18-8-3-9-19-40)41-20-10-4-11-21-41)50(45)53-51(61)52-47(32-62-53)54(65-55(64-52)73-37-57-25-15-26-67(57)34-42(60)31-57)66-27-29-71-36-44(35-66)75-56(70)74-43-22-12-5-13-23-43/h2-13,16-23,30,32-33,42,44H,14-15,24-29,31,34-37H2,1H3/t42-,44+,57+/m1/s1. The van der Waals surface area contributed by atoms with E-state index >= 15 is 8.78 Å². The summed E-state index contributed by atoms with van der Waals surface area (Å²) < 4.78 is 64.4. The third kappa shape index (κ3) is 9.73. The van der Waals surface area contributed by atoms with Crippen LogP contribution in [0.2, 0.25) is 5.02 Å². The molecule has 0 amide bonds. The number of pyridine rings is 1. The highest BCUT2D eigenvalue weighted by molar-refractivity contribution is 6.33. The molecule has 8 aromatic rings. The fraction of sp³-hybridized carbons (Fsp3) is 0.310. The first-order chi connectivity index (χ1) is 36.6. The average Bonchev–Trinajstić information content (AvgIpc) is 4.07. The molecule has 17 heteroatoms. The SMILES string of the molecule is CC(=O)OCCCc1c(Cl)cc2c(cnn2C(c2ccccc2)(c2ccccc2)c2ccccc2)c1-c1ncc2c(N3CCOC[C@@H](OC(=O)Oc4ccccc4)C3)nc(OC[C@@]34CCCN3C[C@H](F)C4)nc2c1F. The van der Waals surface area contributed by atoms with E-state index in [9.17, 15) is 9.59 Å². The summed E-state index contributed by atoms with van der Waals surface area (Å²) in [6.45, 7) is 3.24. The van der Waals surface area contributed by atoms with Gasteiger partial charge in [0.1, 0.15) is 47.2 Å². The Kier molecular flexibility index (Phi) is 14.2. The molecule has 0 radical (unpaired) electrons. The molecule has 0 saturated carbocycles. The van der Waals surface area contributed by atoms with Crippen LogP contribution in [0.1, 0.15) is 54.9 Å². The Morgan fingerprint density at radius 1 is 0.867 bits per heavy atom. The van der Waals surface area contributed by atoms with Gasteiger partial charge in [-0.05, 0) is 72.7 Å². The number of alkyl halides is 1. The number of benzene rings is 5. The molecule has 0 N–H and O–H groups in total. The van der Waals surface area contributed by atoms with Crippen LogP contribution in [0, 0.1) is 5.82 Å². The van der Waals surface area contributed by atoms with Crippen LogP contribution < -0.4 is 14.4 Å². The first-order valence-corrected chi connectivity index (χ1v) is 25.6. The van der Waals surface area contributed by atoms with Gasteiger partial charge in [0.05, 0.1) is 49.0 Å². The number of para-hydroxylation sites is 1. The third-order valence-corrected chi connectivity index (χ3v) is 14.9. The van der Waals surface area contributed by atoms with Crippen LogP contribution in [0.5, 0.6) is 11.8 Å². The number of hydrogen-bond donors (Lipinski definition) is 0. The lowest BCUT2D eigenvalue weighted by Crippen LogP contribution is -2.43. The van der Waals surface area contributed by atoms with Crippen molar-refractivity contribution in [3.05, 3.63) is 173 Å². The molecular weight excluding hydrogens is 980 g/mol. The van der Waals surface area contributed by atoms with Gasteiger partial charge in [-0.3, -0.25) is 14.7 Å². The number of fused-ring (bicyclic) bond motifs is 3. The smallest absolute Gasteiger partial charge is 0.466 e. The van der Waals surface area contributed by atoms with Gasteiger partial charge in [-0.2, -0.15) is 15.1 Å². The zero-order valence-corrected chi connectivity index (χ0v) is 42.0. The minimum Gasteiger partial charge on any atom is -0.466 e. The molecule has 14 nitrogen and oxygen atoms in total. The highest BCUT2D eigenvalue weighted by Crippen LogP contribution is 2.47. The number of anilines is 1. The van der Waals surface area contributed by atoms with Gasteiger partial charge in [0, 0.05) is 48.6 Å². The fourth-order valence-corrected chi connectivity index (χ4v) is 11.6. The number of esters is 1. The summed E-state index contributed by atoms with van der Waals surface area (Å²) in [4.78, 5) is 43.6. The minimum absolute atomic E-state index is 0.0573. The number of ether oxygens (including phenoxy) is 5. The number of hydrogen-bond acceptors (Lipinski definition) is 13. The third-order valence-electron chi connectivity index (χ3n) is 14.5. The molecule has 0 aliphatic carbocycles. The van der Waals surface area contributed by atoms with E-state index in [1.54, 1.807) is 36.5 Å². The van der Waals surface area contributed by atoms with Crippen molar-refractivity contribution < 1.29 is 42.1 Å². The van der Waals surface area contributed by atoms with E-state index in [0.717, 1.165) is 36.1 Å². The predicted octanol–water partition coefficient (Wildman–Crippen LogP) is 10.5. The van der Waals surface area contributed by atoms with Crippen molar-refractivity contribution in [1.29, 1.82) is 0 Å². The van der Waals surface area contributed by atoms with Crippen LogP contribution in [0.4, 0.5) is 19.4 Å². The van der Waals surface area contributed by atoms with Gasteiger partial charge in [-0.25, -0.2) is 18.3 Å². The highest BCUT2D eigenvalue weighted by atomic mass is 35.5. The Morgan fingerprint density at radius 2 is 1.55 bits per heavy atom. The first-order valence-electron chi connectivity index (χ1n) is 25.3. The van der Waals surface area contributed by atoms with E-state index < -0.39 is 41.3 Å². The van der Waals surface area contributed by atoms with E-state index in [4.69, 9.17) is 55.3 Å². The maximum absolute atomic E-state index is 18.5. The molecule has 0 bridgehead atoms. The van der Waals surface area contributed by atoms with Crippen molar-refractivity contribution in [3.63, 3.8) is 0 Å². The van der Waals surface area contributed by atoms with Crippen LogP contribution in [0.3, 0.4) is 0 Å². The maximum Gasteiger partial charge on any atom is 0.514 e. The van der Waals surface area contributed by atoms with Crippen LogP contribution in [0.25, 0.3) is 33.1 Å². The van der Waals surface area contributed by atoms with Crippen molar-refractivity contribution >= 4 is 51.3 Å². The molecule has 3 aromatic heterocycles. The lowest BCUT2D eigenvalue weighted by molar-refractivity contribution is -0.141. The van der Waals surface area contributed by atoms with Gasteiger partial charge < -0.3 is 28.6 Å². The maximum atomic E-state index is 18.5. The Hall–Kier alpha value is -7.53. The lowest BCUT2D eigenvalue weighted by atomic mass is 9.77. The molecule has 3 fully saturated rings. The van der Waals surface area contributed by atoms with Gasteiger partial charge in [0.2, 0.25) is 0 Å². The summed E-state index contributed by atoms with van der Waals surface area (Å²) in [6, 6.07) is 40.5. The molecule has 11 rings (SSSR count). The number of nitrogens with zero attached hydrogens (tertiary/aromatic N) is 7. The first kappa shape index (κ1) is 49.7. The largest absolute Gasteiger partial charge is 0.514 e. The molecule has 75 heavy (non-hydrogen) atoms. The van der Waals surface area contributed by atoms with E-state index in [0.29, 0.717) is 52.2 Å². The van der Waals surface area contributed by atoms with Crippen molar-refractivity contribution in [2.75, 3.05) is 57.5 Å². The monoisotopic (exact) mass is 1030 g/mol. The Bertz CT molecular complexity index is 3240. The second kappa shape index (κ2) is 21.4. The molecule has 3 saturated heterocycles. The quantitative estimate of drug-likeness (QED) is 0.0416. The number of carbonyl (C=O) groups is 2. The zero-order chi connectivity index (χ0) is 51.5. The molecular formula is C58H54ClF2N7O7. The van der Waals surface area contributed by atoms with Crippen molar-refractivity contribution in [2.45, 2.75) is 62.4 Å². The van der Waals surface area contributed by atoms with Gasteiger partial charge in [0.25, 0.3) is 0 Å². The normalized spacial score (nSPS) is 19.0. The van der Waals surface area contributed by atoms with Crippen LogP contribution in [-0.4, -0.2) is 112 Å². The second-order valence-corrected chi connectivity index (χ2v) is 19.7. The van der Waals surface area contributed by atoms with Crippen LogP contribution in [0.15, 0.2) is 140 Å². The average molecular weight is 1030 g/mol. The number of aromatic nitrogens is 5. The van der Waals surface area contributed by atoms with Gasteiger partial charge in [-0.15, -0.1) is 0 Å². The molecule has 3 atom stereocenters. The van der Waals surface area contributed by atoms with E-state index in [1.165, 1.54) is 13.1 Å².